The van der Waals surface area contributed by atoms with Gasteiger partial charge in [0.1, 0.15) is 0 Å². The van der Waals surface area contributed by atoms with Crippen molar-refractivity contribution in [1.82, 2.24) is 0 Å². The number of hydrogen-bond donors (Lipinski definition) is 0. The lowest BCUT2D eigenvalue weighted by Crippen LogP contribution is -2.11. The molecule has 0 N–H and O–H groups in total. The molecule has 48 heavy (non-hydrogen) atoms. The first-order chi connectivity index (χ1) is 23.8. The average Bonchev–Trinajstić information content (AvgIpc) is 3.15. The molecule has 0 atom stereocenters. The van der Waals surface area contributed by atoms with E-state index >= 15 is 0 Å². The highest BCUT2D eigenvalue weighted by Gasteiger charge is 2.22. The van der Waals surface area contributed by atoms with Gasteiger partial charge in [-0.1, -0.05) is 170 Å². The first-order valence-electron chi connectivity index (χ1n) is 16.3. The summed E-state index contributed by atoms with van der Waals surface area (Å²) in [6.07, 6.45) is 0. The van der Waals surface area contributed by atoms with Crippen molar-refractivity contribution in [1.29, 1.82) is 0 Å². The van der Waals surface area contributed by atoms with E-state index in [1.54, 1.807) is 0 Å². The van der Waals surface area contributed by atoms with Gasteiger partial charge in [0.25, 0.3) is 0 Å². The van der Waals surface area contributed by atoms with Gasteiger partial charge in [0.2, 0.25) is 0 Å². The monoisotopic (exact) mass is 610 g/mol. The molecule has 8 aromatic carbocycles. The van der Waals surface area contributed by atoms with Crippen LogP contribution in [0, 0.1) is 0 Å². The van der Waals surface area contributed by atoms with Gasteiger partial charge in [-0.15, -0.1) is 0 Å². The van der Waals surface area contributed by atoms with Gasteiger partial charge in [-0.05, 0) is 55.9 Å². The van der Waals surface area contributed by atoms with Crippen LogP contribution in [0.5, 0.6) is 0 Å². The van der Waals surface area contributed by atoms with Crippen LogP contribution in [0.15, 0.2) is 192 Å². The summed E-state index contributed by atoms with van der Waals surface area (Å²) in [7, 11) is 0. The minimum Gasteiger partial charge on any atom is -0.247 e. The maximum absolute atomic E-state index is 5.52. The summed E-state index contributed by atoms with van der Waals surface area (Å²) < 4.78 is 0. The van der Waals surface area contributed by atoms with Gasteiger partial charge >= 0.3 is 0 Å². The molecule has 0 spiro atoms. The molecule has 0 saturated heterocycles. The van der Waals surface area contributed by atoms with Crippen LogP contribution in [0.25, 0.3) is 43.8 Å². The lowest BCUT2D eigenvalue weighted by molar-refractivity contribution is 1.40. The fraction of sp³-hybridized carbons (Fsp3) is 0. The van der Waals surface area contributed by atoms with Crippen LogP contribution in [-0.2, 0) is 0 Å². The quantitative estimate of drug-likeness (QED) is 0.189. The first-order valence-corrected chi connectivity index (χ1v) is 16.3. The maximum Gasteiger partial charge on any atom is 0.0809 e. The highest BCUT2D eigenvalue weighted by molar-refractivity contribution is 6.28. The second-order valence-corrected chi connectivity index (χ2v) is 12.1. The summed E-state index contributed by atoms with van der Waals surface area (Å²) in [5.74, 6) is 0. The van der Waals surface area contributed by atoms with Crippen LogP contribution in [0.4, 0.5) is 11.4 Å². The summed E-state index contributed by atoms with van der Waals surface area (Å²) in [5.41, 5.74) is 12.6. The number of rotatable bonds is 4. The minimum absolute atomic E-state index is 0.896. The third kappa shape index (κ3) is 4.74. The molecule has 1 aliphatic rings. The topological polar surface area (TPSA) is 24.7 Å². The molecule has 2 nitrogen and oxygen atoms in total. The molecular formula is C46H30N2. The number of nitrogens with zero attached hydrogens (tertiary/aromatic N) is 2. The predicted molar refractivity (Wildman–Crippen MR) is 202 cm³/mol. The Labute approximate surface area is 280 Å². The molecule has 2 heteroatoms. The summed E-state index contributed by atoms with van der Waals surface area (Å²) in [5, 5.41) is 4.73. The van der Waals surface area contributed by atoms with Crippen molar-refractivity contribution >= 4 is 44.3 Å². The molecule has 1 heterocycles. The number of hydrogen-bond acceptors (Lipinski definition) is 2. The molecule has 1 aliphatic heterocycles. The zero-order valence-corrected chi connectivity index (χ0v) is 26.2. The van der Waals surface area contributed by atoms with E-state index in [2.05, 4.69) is 182 Å². The zero-order valence-electron chi connectivity index (χ0n) is 26.2. The smallest absolute Gasteiger partial charge is 0.0809 e. The number of para-hydroxylation sites is 2. The van der Waals surface area contributed by atoms with Crippen molar-refractivity contribution in [3.05, 3.63) is 204 Å². The van der Waals surface area contributed by atoms with Crippen molar-refractivity contribution in [2.75, 3.05) is 0 Å². The number of fused-ring (bicyclic) bond motifs is 4. The molecule has 0 fully saturated rings. The van der Waals surface area contributed by atoms with E-state index in [-0.39, 0.29) is 0 Å². The Bertz CT molecular complexity index is 2360. The molecule has 8 aromatic rings. The van der Waals surface area contributed by atoms with Crippen LogP contribution >= 0.6 is 0 Å². The van der Waals surface area contributed by atoms with E-state index in [1.165, 1.54) is 33.0 Å². The second-order valence-electron chi connectivity index (χ2n) is 12.1. The highest BCUT2D eigenvalue weighted by Crippen LogP contribution is 2.38. The van der Waals surface area contributed by atoms with E-state index in [0.29, 0.717) is 0 Å². The maximum atomic E-state index is 5.52. The molecule has 0 amide bonds. The van der Waals surface area contributed by atoms with E-state index < -0.39 is 0 Å². The lowest BCUT2D eigenvalue weighted by Gasteiger charge is -2.20. The summed E-state index contributed by atoms with van der Waals surface area (Å²) in [6, 6.07) is 64.3. The van der Waals surface area contributed by atoms with Gasteiger partial charge in [-0.2, -0.15) is 0 Å². The van der Waals surface area contributed by atoms with Gasteiger partial charge in [-0.3, -0.25) is 0 Å². The van der Waals surface area contributed by atoms with Crippen LogP contribution in [0.3, 0.4) is 0 Å². The standard InChI is InChI=1S/C46H30N2/c1-3-15-31(16-4-1)33-21-11-25-37-35(33)23-13-27-39(37)45-41-19-7-9-29-43(41)48-46(42-20-8-10-30-44(42)47-45)40-28-14-24-36-34(22-12-26-38(36)40)32-17-5-2-6-18-32/h1-30H. The average molecular weight is 611 g/mol. The van der Waals surface area contributed by atoms with Gasteiger partial charge in [0, 0.05) is 22.3 Å². The lowest BCUT2D eigenvalue weighted by atomic mass is 9.89. The zero-order chi connectivity index (χ0) is 31.9. The van der Waals surface area contributed by atoms with E-state index in [4.69, 9.17) is 9.98 Å². The largest absolute Gasteiger partial charge is 0.247 e. The van der Waals surface area contributed by atoms with Crippen molar-refractivity contribution in [3.8, 4) is 22.3 Å². The number of benzene rings is 8. The molecule has 0 saturated carbocycles. The summed E-state index contributed by atoms with van der Waals surface area (Å²) in [4.78, 5) is 11.0. The Balaban J connectivity index is 1.28. The molecule has 9 rings (SSSR count). The SMILES string of the molecule is c1ccc(-c2cccc3c(C4=Nc5ccccc5C(c5cccc6c(-c7ccccc7)cccc56)=Nc5ccccc54)cccc23)cc1. The van der Waals surface area contributed by atoms with Crippen molar-refractivity contribution in [2.45, 2.75) is 0 Å². The Hall–Kier alpha value is -6.38. The molecule has 224 valence electrons. The Morgan fingerprint density at radius 2 is 0.542 bits per heavy atom. The van der Waals surface area contributed by atoms with Crippen LogP contribution in [0.1, 0.15) is 22.3 Å². The summed E-state index contributed by atoms with van der Waals surface area (Å²) in [6.45, 7) is 0. The van der Waals surface area contributed by atoms with Gasteiger partial charge < -0.3 is 0 Å². The van der Waals surface area contributed by atoms with Crippen molar-refractivity contribution < 1.29 is 0 Å². The van der Waals surface area contributed by atoms with E-state index in [9.17, 15) is 0 Å². The van der Waals surface area contributed by atoms with Gasteiger partial charge in [0.15, 0.2) is 0 Å². The molecule has 0 aromatic heterocycles. The van der Waals surface area contributed by atoms with Crippen LogP contribution < -0.4 is 0 Å². The van der Waals surface area contributed by atoms with Gasteiger partial charge in [-0.25, -0.2) is 9.98 Å². The minimum atomic E-state index is 0.896. The Kier molecular flexibility index (Phi) is 6.84. The van der Waals surface area contributed by atoms with Crippen LogP contribution in [0.2, 0.25) is 0 Å². The fourth-order valence-electron chi connectivity index (χ4n) is 7.09. The molecular weight excluding hydrogens is 581 g/mol. The molecule has 0 unspecified atom stereocenters. The summed E-state index contributed by atoms with van der Waals surface area (Å²) >= 11 is 0. The molecule has 0 bridgehead atoms. The first kappa shape index (κ1) is 27.9. The normalized spacial score (nSPS) is 12.4. The van der Waals surface area contributed by atoms with E-state index in [1.807, 2.05) is 0 Å². The molecule has 0 aliphatic carbocycles. The van der Waals surface area contributed by atoms with Crippen LogP contribution in [-0.4, -0.2) is 11.4 Å². The number of aliphatic imine (C=N–C) groups is 2. The van der Waals surface area contributed by atoms with Crippen molar-refractivity contribution in [2.24, 2.45) is 9.98 Å². The third-order valence-corrected chi connectivity index (χ3v) is 9.31. The third-order valence-electron chi connectivity index (χ3n) is 9.31. The second kappa shape index (κ2) is 11.8. The van der Waals surface area contributed by atoms with Crippen molar-refractivity contribution in [3.63, 3.8) is 0 Å². The van der Waals surface area contributed by atoms with E-state index in [0.717, 1.165) is 55.8 Å². The Morgan fingerprint density at radius 3 is 0.958 bits per heavy atom. The predicted octanol–water partition coefficient (Wildman–Crippen LogP) is 12.0. The Morgan fingerprint density at radius 1 is 0.229 bits per heavy atom. The molecule has 0 radical (unpaired) electrons. The van der Waals surface area contributed by atoms with Gasteiger partial charge in [0.05, 0.1) is 22.8 Å². The highest BCUT2D eigenvalue weighted by atomic mass is 14.8. The fourth-order valence-corrected chi connectivity index (χ4v) is 7.09.